The lowest BCUT2D eigenvalue weighted by molar-refractivity contribution is -0.113. The average Bonchev–Trinajstić information content (AvgIpc) is 2.55. The van der Waals surface area contributed by atoms with E-state index in [9.17, 15) is 4.79 Å². The molecule has 23 heavy (non-hydrogen) atoms. The second-order valence-corrected chi connectivity index (χ2v) is 6.10. The molecular weight excluding hydrogens is 332 g/mol. The van der Waals surface area contributed by atoms with Gasteiger partial charge in [-0.3, -0.25) is 4.79 Å². The van der Waals surface area contributed by atoms with Crippen LogP contribution in [0, 0.1) is 11.3 Å². The summed E-state index contributed by atoms with van der Waals surface area (Å²) < 4.78 is 5.07. The van der Waals surface area contributed by atoms with Crippen LogP contribution >= 0.6 is 23.4 Å². The molecule has 0 saturated heterocycles. The summed E-state index contributed by atoms with van der Waals surface area (Å²) in [6, 6.07) is 14.6. The summed E-state index contributed by atoms with van der Waals surface area (Å²) in [7, 11) is 1.54. The van der Waals surface area contributed by atoms with Gasteiger partial charge in [0.2, 0.25) is 5.91 Å². The van der Waals surface area contributed by atoms with Crippen LogP contribution in [-0.2, 0) is 10.5 Å². The summed E-state index contributed by atoms with van der Waals surface area (Å²) in [5, 5.41) is 12.1. The number of carbonyl (C=O) groups is 1. The molecule has 2 aromatic rings. The Morgan fingerprint density at radius 2 is 2.17 bits per heavy atom. The van der Waals surface area contributed by atoms with E-state index >= 15 is 0 Å². The standard InChI is InChI=1S/C17H15ClN2O2S/c1-22-16-6-5-14(8-15(16)18)20-17(21)11-23-10-13-4-2-3-12(7-13)9-19/h2-8H,10-11H2,1H3,(H,20,21). The summed E-state index contributed by atoms with van der Waals surface area (Å²) in [6.07, 6.45) is 0. The highest BCUT2D eigenvalue weighted by molar-refractivity contribution is 7.99. The first-order chi connectivity index (χ1) is 11.1. The molecule has 0 bridgehead atoms. The number of rotatable bonds is 6. The number of hydrogen-bond donors (Lipinski definition) is 1. The highest BCUT2D eigenvalue weighted by Crippen LogP contribution is 2.27. The van der Waals surface area contributed by atoms with Crippen LogP contribution < -0.4 is 10.1 Å². The van der Waals surface area contributed by atoms with Crippen LogP contribution in [0.5, 0.6) is 5.75 Å². The molecule has 0 aliphatic heterocycles. The summed E-state index contributed by atoms with van der Waals surface area (Å²) >= 11 is 7.50. The number of benzene rings is 2. The van der Waals surface area contributed by atoms with E-state index < -0.39 is 0 Å². The number of nitriles is 1. The van der Waals surface area contributed by atoms with Gasteiger partial charge in [0.05, 0.1) is 29.5 Å². The van der Waals surface area contributed by atoms with Crippen molar-refractivity contribution in [2.24, 2.45) is 0 Å². The number of ether oxygens (including phenoxy) is 1. The minimum Gasteiger partial charge on any atom is -0.495 e. The number of hydrogen-bond acceptors (Lipinski definition) is 4. The predicted molar refractivity (Wildman–Crippen MR) is 94.0 cm³/mol. The molecule has 4 nitrogen and oxygen atoms in total. The highest BCUT2D eigenvalue weighted by atomic mass is 35.5. The monoisotopic (exact) mass is 346 g/mol. The van der Waals surface area contributed by atoms with Crippen molar-refractivity contribution >= 4 is 35.0 Å². The zero-order valence-electron chi connectivity index (χ0n) is 12.5. The summed E-state index contributed by atoms with van der Waals surface area (Å²) in [4.78, 5) is 11.9. The SMILES string of the molecule is COc1ccc(NC(=O)CSCc2cccc(C#N)c2)cc1Cl. The van der Waals surface area contributed by atoms with Crippen LogP contribution in [-0.4, -0.2) is 18.8 Å². The first kappa shape index (κ1) is 17.2. The lowest BCUT2D eigenvalue weighted by Crippen LogP contribution is -2.14. The minimum absolute atomic E-state index is 0.104. The number of halogens is 1. The minimum atomic E-state index is -0.104. The lowest BCUT2D eigenvalue weighted by atomic mass is 10.2. The quantitative estimate of drug-likeness (QED) is 0.855. The van der Waals surface area contributed by atoms with Gasteiger partial charge in [-0.1, -0.05) is 23.7 Å². The Balaban J connectivity index is 1.83. The van der Waals surface area contributed by atoms with E-state index in [0.29, 0.717) is 33.5 Å². The van der Waals surface area contributed by atoms with Crippen LogP contribution in [0.25, 0.3) is 0 Å². The highest BCUT2D eigenvalue weighted by Gasteiger charge is 2.06. The molecule has 1 N–H and O–H groups in total. The van der Waals surface area contributed by atoms with Crippen molar-refractivity contribution in [3.63, 3.8) is 0 Å². The number of methoxy groups -OCH3 is 1. The molecule has 0 aromatic heterocycles. The lowest BCUT2D eigenvalue weighted by Gasteiger charge is -2.08. The Morgan fingerprint density at radius 1 is 1.35 bits per heavy atom. The summed E-state index contributed by atoms with van der Waals surface area (Å²) in [6.45, 7) is 0. The predicted octanol–water partition coefficient (Wildman–Crippen LogP) is 4.09. The van der Waals surface area contributed by atoms with Crippen LogP contribution in [0.15, 0.2) is 42.5 Å². The van der Waals surface area contributed by atoms with Gasteiger partial charge in [0, 0.05) is 11.4 Å². The zero-order chi connectivity index (χ0) is 16.7. The van der Waals surface area contributed by atoms with Gasteiger partial charge >= 0.3 is 0 Å². The van der Waals surface area contributed by atoms with Crippen LogP contribution in [0.1, 0.15) is 11.1 Å². The van der Waals surface area contributed by atoms with Gasteiger partial charge in [0.1, 0.15) is 5.75 Å². The largest absolute Gasteiger partial charge is 0.495 e. The van der Waals surface area contributed by atoms with Crippen LogP contribution in [0.4, 0.5) is 5.69 Å². The molecule has 0 fully saturated rings. The van der Waals surface area contributed by atoms with E-state index in [1.54, 1.807) is 24.3 Å². The van der Waals surface area contributed by atoms with Crippen molar-refractivity contribution in [3.8, 4) is 11.8 Å². The van der Waals surface area contributed by atoms with Gasteiger partial charge in [0.25, 0.3) is 0 Å². The molecule has 6 heteroatoms. The maximum Gasteiger partial charge on any atom is 0.234 e. The Labute approximate surface area is 144 Å². The van der Waals surface area contributed by atoms with Crippen molar-refractivity contribution < 1.29 is 9.53 Å². The third-order valence-electron chi connectivity index (χ3n) is 2.99. The van der Waals surface area contributed by atoms with Gasteiger partial charge in [0.15, 0.2) is 0 Å². The average molecular weight is 347 g/mol. The normalized spacial score (nSPS) is 9.96. The molecule has 2 aromatic carbocycles. The van der Waals surface area contributed by atoms with Crippen molar-refractivity contribution in [2.45, 2.75) is 5.75 Å². The molecule has 0 unspecified atom stereocenters. The van der Waals surface area contributed by atoms with Gasteiger partial charge < -0.3 is 10.1 Å². The fourth-order valence-corrected chi connectivity index (χ4v) is 2.97. The first-order valence-corrected chi connectivity index (χ1v) is 8.36. The third kappa shape index (κ3) is 5.20. The number of thioether (sulfide) groups is 1. The van der Waals surface area contributed by atoms with Gasteiger partial charge in [-0.15, -0.1) is 11.8 Å². The van der Waals surface area contributed by atoms with Gasteiger partial charge in [-0.25, -0.2) is 0 Å². The Morgan fingerprint density at radius 3 is 2.87 bits per heavy atom. The molecule has 0 aliphatic carbocycles. The Hall–Kier alpha value is -2.16. The number of anilines is 1. The molecule has 0 aliphatic rings. The second-order valence-electron chi connectivity index (χ2n) is 4.70. The van der Waals surface area contributed by atoms with Crippen molar-refractivity contribution in [3.05, 3.63) is 58.6 Å². The van der Waals surface area contributed by atoms with E-state index in [-0.39, 0.29) is 5.91 Å². The van der Waals surface area contributed by atoms with Crippen molar-refractivity contribution in [1.29, 1.82) is 5.26 Å². The van der Waals surface area contributed by atoms with Gasteiger partial charge in [-0.05, 0) is 35.9 Å². The summed E-state index contributed by atoms with van der Waals surface area (Å²) in [5.74, 6) is 1.45. The second kappa shape index (κ2) is 8.47. The van der Waals surface area contributed by atoms with E-state index in [0.717, 1.165) is 5.56 Å². The molecule has 0 spiro atoms. The van der Waals surface area contributed by atoms with E-state index in [1.165, 1.54) is 18.9 Å². The molecule has 0 saturated carbocycles. The molecule has 0 radical (unpaired) electrons. The number of carbonyl (C=O) groups excluding carboxylic acids is 1. The smallest absolute Gasteiger partial charge is 0.234 e. The van der Waals surface area contributed by atoms with Crippen molar-refractivity contribution in [1.82, 2.24) is 0 Å². The fourth-order valence-electron chi connectivity index (χ4n) is 1.93. The topological polar surface area (TPSA) is 62.1 Å². The maximum absolute atomic E-state index is 11.9. The van der Waals surface area contributed by atoms with E-state index in [4.69, 9.17) is 21.6 Å². The van der Waals surface area contributed by atoms with Crippen molar-refractivity contribution in [2.75, 3.05) is 18.2 Å². The maximum atomic E-state index is 11.9. The fraction of sp³-hybridized carbons (Fsp3) is 0.176. The molecular formula is C17H15ClN2O2S. The molecule has 2 rings (SSSR count). The Kier molecular flexibility index (Phi) is 6.33. The molecule has 0 heterocycles. The van der Waals surface area contributed by atoms with Crippen LogP contribution in [0.2, 0.25) is 5.02 Å². The van der Waals surface area contributed by atoms with Crippen LogP contribution in [0.3, 0.4) is 0 Å². The number of amides is 1. The molecule has 0 atom stereocenters. The first-order valence-electron chi connectivity index (χ1n) is 6.82. The number of nitrogens with one attached hydrogen (secondary N) is 1. The molecule has 118 valence electrons. The van der Waals surface area contributed by atoms with Gasteiger partial charge in [-0.2, -0.15) is 5.26 Å². The Bertz CT molecular complexity index is 744. The van der Waals surface area contributed by atoms with E-state index in [1.807, 2.05) is 18.2 Å². The number of nitrogens with zero attached hydrogens (tertiary/aromatic N) is 1. The molecule has 1 amide bonds. The van der Waals surface area contributed by atoms with E-state index in [2.05, 4.69) is 11.4 Å². The third-order valence-corrected chi connectivity index (χ3v) is 4.29. The zero-order valence-corrected chi connectivity index (χ0v) is 14.1. The summed E-state index contributed by atoms with van der Waals surface area (Å²) in [5.41, 5.74) is 2.28.